The van der Waals surface area contributed by atoms with E-state index in [1.165, 1.54) is 5.32 Å². The van der Waals surface area contributed by atoms with Gasteiger partial charge in [-0.25, -0.2) is 4.79 Å². The molecule has 0 spiro atoms. The van der Waals surface area contributed by atoms with E-state index >= 15 is 0 Å². The fourth-order valence-corrected chi connectivity index (χ4v) is 0.995. The van der Waals surface area contributed by atoms with E-state index in [2.05, 4.69) is 0 Å². The van der Waals surface area contributed by atoms with Crippen molar-refractivity contribution in [3.05, 3.63) is 0 Å². The standard InChI is InChI=1S/C9H13F3N2O5/c1-8(7(18)19,9(10,11)12)14-6(17)4(13)2-3-5(15)16/h4H,2-3,13H2,1H3,(H,14,17)(H,15,16)(H,18,19). The molecule has 0 aromatic heterocycles. The van der Waals surface area contributed by atoms with Gasteiger partial charge in [-0.1, -0.05) is 0 Å². The van der Waals surface area contributed by atoms with Crippen LogP contribution >= 0.6 is 0 Å². The van der Waals surface area contributed by atoms with Crippen LogP contribution in [-0.4, -0.2) is 45.8 Å². The lowest BCUT2D eigenvalue weighted by molar-refractivity contribution is -0.207. The molecule has 2 unspecified atom stereocenters. The van der Waals surface area contributed by atoms with Gasteiger partial charge >= 0.3 is 18.1 Å². The maximum Gasteiger partial charge on any atom is 0.422 e. The van der Waals surface area contributed by atoms with Gasteiger partial charge in [-0.15, -0.1) is 0 Å². The highest BCUT2D eigenvalue weighted by atomic mass is 19.4. The van der Waals surface area contributed by atoms with E-state index in [1.54, 1.807) is 0 Å². The predicted molar refractivity (Wildman–Crippen MR) is 55.1 cm³/mol. The van der Waals surface area contributed by atoms with Crippen molar-refractivity contribution in [2.24, 2.45) is 5.73 Å². The fraction of sp³-hybridized carbons (Fsp3) is 0.667. The van der Waals surface area contributed by atoms with Crippen molar-refractivity contribution >= 4 is 17.8 Å². The summed E-state index contributed by atoms with van der Waals surface area (Å²) in [7, 11) is 0. The Balaban J connectivity index is 4.84. The van der Waals surface area contributed by atoms with E-state index < -0.39 is 48.4 Å². The van der Waals surface area contributed by atoms with Gasteiger partial charge in [0.25, 0.3) is 0 Å². The topological polar surface area (TPSA) is 130 Å². The maximum absolute atomic E-state index is 12.6. The molecule has 1 amide bonds. The molecule has 7 nitrogen and oxygen atoms in total. The van der Waals surface area contributed by atoms with Crippen molar-refractivity contribution in [2.75, 3.05) is 0 Å². The number of rotatable bonds is 6. The summed E-state index contributed by atoms with van der Waals surface area (Å²) in [5, 5.41) is 18.2. The number of carboxylic acid groups (broad SMARTS) is 2. The number of halogens is 3. The Kier molecular flexibility index (Phi) is 5.30. The number of amides is 1. The minimum absolute atomic E-state index is 0.275. The second-order valence-electron chi connectivity index (χ2n) is 3.96. The number of carbonyl (C=O) groups excluding carboxylic acids is 1. The Morgan fingerprint density at radius 2 is 1.74 bits per heavy atom. The zero-order valence-electron chi connectivity index (χ0n) is 9.82. The molecule has 0 bridgehead atoms. The molecule has 19 heavy (non-hydrogen) atoms. The Hall–Kier alpha value is -1.84. The lowest BCUT2D eigenvalue weighted by atomic mass is 10.0. The summed E-state index contributed by atoms with van der Waals surface area (Å²) in [6.07, 6.45) is -6.15. The first kappa shape index (κ1) is 17.2. The SMILES string of the molecule is CC(NC(=O)C(N)CCC(=O)O)(C(=O)O)C(F)(F)F. The van der Waals surface area contributed by atoms with Crippen LogP contribution < -0.4 is 11.1 Å². The first-order valence-corrected chi connectivity index (χ1v) is 5.01. The number of hydrogen-bond acceptors (Lipinski definition) is 4. The summed E-state index contributed by atoms with van der Waals surface area (Å²) in [5.41, 5.74) is 1.70. The van der Waals surface area contributed by atoms with Crippen molar-refractivity contribution in [2.45, 2.75) is 37.5 Å². The molecule has 0 rings (SSSR count). The average Bonchev–Trinajstić information content (AvgIpc) is 2.23. The summed E-state index contributed by atoms with van der Waals surface area (Å²) in [5.74, 6) is -4.96. The first-order chi connectivity index (χ1) is 8.41. The fourth-order valence-electron chi connectivity index (χ4n) is 0.995. The van der Waals surface area contributed by atoms with Crippen LogP contribution in [0.2, 0.25) is 0 Å². The monoisotopic (exact) mass is 286 g/mol. The molecule has 0 fully saturated rings. The Morgan fingerprint density at radius 1 is 1.26 bits per heavy atom. The van der Waals surface area contributed by atoms with Crippen molar-refractivity contribution in [3.63, 3.8) is 0 Å². The number of hydrogen-bond donors (Lipinski definition) is 4. The third-order valence-electron chi connectivity index (χ3n) is 2.37. The van der Waals surface area contributed by atoms with Crippen LogP contribution in [0.4, 0.5) is 13.2 Å². The van der Waals surface area contributed by atoms with Gasteiger partial charge in [0.05, 0.1) is 6.04 Å². The molecule has 0 aromatic rings. The second-order valence-corrected chi connectivity index (χ2v) is 3.96. The van der Waals surface area contributed by atoms with Gasteiger partial charge in [-0.3, -0.25) is 9.59 Å². The third-order valence-corrected chi connectivity index (χ3v) is 2.37. The van der Waals surface area contributed by atoms with Gasteiger partial charge in [0.15, 0.2) is 0 Å². The normalized spacial score (nSPS) is 16.3. The van der Waals surface area contributed by atoms with Gasteiger partial charge in [0.2, 0.25) is 11.4 Å². The lowest BCUT2D eigenvalue weighted by Gasteiger charge is -2.29. The maximum atomic E-state index is 12.6. The predicted octanol–water partition coefficient (Wildman–Crippen LogP) is -0.300. The Labute approximate surface area is 105 Å². The largest absolute Gasteiger partial charge is 0.481 e. The van der Waals surface area contributed by atoms with Crippen LogP contribution in [0.15, 0.2) is 0 Å². The molecule has 0 saturated carbocycles. The Bertz CT molecular complexity index is 385. The molecule has 0 heterocycles. The zero-order valence-corrected chi connectivity index (χ0v) is 9.82. The highest BCUT2D eigenvalue weighted by Crippen LogP contribution is 2.30. The number of carbonyl (C=O) groups is 3. The first-order valence-electron chi connectivity index (χ1n) is 5.01. The van der Waals surface area contributed by atoms with Gasteiger partial charge in [0.1, 0.15) is 0 Å². The van der Waals surface area contributed by atoms with Crippen LogP contribution in [0, 0.1) is 0 Å². The number of alkyl halides is 3. The van der Waals surface area contributed by atoms with Crippen molar-refractivity contribution in [1.29, 1.82) is 0 Å². The van der Waals surface area contributed by atoms with Gasteiger partial charge in [0, 0.05) is 6.42 Å². The van der Waals surface area contributed by atoms with E-state index in [0.717, 1.165) is 0 Å². The lowest BCUT2D eigenvalue weighted by Crippen LogP contribution is -2.64. The van der Waals surface area contributed by atoms with Crippen LogP contribution in [0.1, 0.15) is 19.8 Å². The minimum atomic E-state index is -5.22. The summed E-state index contributed by atoms with van der Waals surface area (Å²) in [4.78, 5) is 32.2. The van der Waals surface area contributed by atoms with Gasteiger partial charge in [-0.05, 0) is 13.3 Å². The highest BCUT2D eigenvalue weighted by Gasteiger charge is 2.58. The molecular formula is C9H13F3N2O5. The van der Waals surface area contributed by atoms with Crippen molar-refractivity contribution in [3.8, 4) is 0 Å². The van der Waals surface area contributed by atoms with E-state index in [-0.39, 0.29) is 6.92 Å². The molecule has 10 heteroatoms. The summed E-state index contributed by atoms with van der Waals surface area (Å²) in [6.45, 7) is 0.275. The molecule has 0 aliphatic heterocycles. The molecule has 110 valence electrons. The molecular weight excluding hydrogens is 273 g/mol. The summed E-state index contributed by atoms with van der Waals surface area (Å²) >= 11 is 0. The zero-order chi connectivity index (χ0) is 15.4. The van der Waals surface area contributed by atoms with Crippen molar-refractivity contribution < 1.29 is 37.8 Å². The molecule has 0 saturated heterocycles. The molecule has 5 N–H and O–H groups in total. The van der Waals surface area contributed by atoms with Gasteiger partial charge < -0.3 is 21.3 Å². The number of nitrogens with two attached hydrogens (primary N) is 1. The van der Waals surface area contributed by atoms with Crippen LogP contribution in [0.3, 0.4) is 0 Å². The quantitative estimate of drug-likeness (QED) is 0.530. The summed E-state index contributed by atoms with van der Waals surface area (Å²) in [6, 6.07) is -1.54. The highest BCUT2D eigenvalue weighted by molar-refractivity contribution is 5.90. The van der Waals surface area contributed by atoms with E-state index in [9.17, 15) is 27.6 Å². The second kappa shape index (κ2) is 5.87. The average molecular weight is 286 g/mol. The number of carboxylic acids is 2. The van der Waals surface area contributed by atoms with Crippen LogP contribution in [0.5, 0.6) is 0 Å². The van der Waals surface area contributed by atoms with Crippen LogP contribution in [-0.2, 0) is 14.4 Å². The van der Waals surface area contributed by atoms with E-state index in [0.29, 0.717) is 0 Å². The molecule has 2 atom stereocenters. The number of aliphatic carboxylic acids is 2. The van der Waals surface area contributed by atoms with Gasteiger partial charge in [-0.2, -0.15) is 13.2 Å². The van der Waals surface area contributed by atoms with E-state index in [4.69, 9.17) is 15.9 Å². The smallest absolute Gasteiger partial charge is 0.422 e. The molecule has 0 aliphatic carbocycles. The molecule has 0 aliphatic rings. The van der Waals surface area contributed by atoms with E-state index in [1.807, 2.05) is 0 Å². The number of nitrogens with one attached hydrogen (secondary N) is 1. The molecule has 0 radical (unpaired) electrons. The summed E-state index contributed by atoms with van der Waals surface area (Å²) < 4.78 is 37.7. The molecule has 0 aromatic carbocycles. The van der Waals surface area contributed by atoms with Crippen molar-refractivity contribution in [1.82, 2.24) is 5.32 Å². The Morgan fingerprint density at radius 3 is 2.05 bits per heavy atom. The van der Waals surface area contributed by atoms with Crippen LogP contribution in [0.25, 0.3) is 0 Å². The third kappa shape index (κ3) is 4.39. The minimum Gasteiger partial charge on any atom is -0.481 e.